The summed E-state index contributed by atoms with van der Waals surface area (Å²) >= 11 is 0. The third kappa shape index (κ3) is 2.63. The average Bonchev–Trinajstić information content (AvgIpc) is 2.24. The van der Waals surface area contributed by atoms with Crippen LogP contribution in [-0.2, 0) is 20.3 Å². The summed E-state index contributed by atoms with van der Waals surface area (Å²) in [6, 6.07) is 0. The number of carboxylic acids is 1. The standard InChI is InChI=1S/C11H18O4S/c12-10(13)3-7-16(14)9-2-6-15-11(8-9)4-1-5-11/h9H,1-8H2,(H,12,13). The zero-order chi connectivity index (χ0) is 11.6. The molecule has 1 heterocycles. The quantitative estimate of drug-likeness (QED) is 0.812. The van der Waals surface area contributed by atoms with Crippen molar-refractivity contribution in [1.82, 2.24) is 0 Å². The van der Waals surface area contributed by atoms with Crippen LogP contribution in [0.25, 0.3) is 0 Å². The van der Waals surface area contributed by atoms with Gasteiger partial charge in [-0.25, -0.2) is 0 Å². The molecule has 1 saturated carbocycles. The van der Waals surface area contributed by atoms with Gasteiger partial charge in [-0.05, 0) is 32.1 Å². The Morgan fingerprint density at radius 3 is 2.81 bits per heavy atom. The summed E-state index contributed by atoms with van der Waals surface area (Å²) in [6.45, 7) is 0.684. The van der Waals surface area contributed by atoms with Crippen LogP contribution in [0.5, 0.6) is 0 Å². The summed E-state index contributed by atoms with van der Waals surface area (Å²) in [7, 11) is -1.00. The first-order valence-electron chi connectivity index (χ1n) is 5.84. The lowest BCUT2D eigenvalue weighted by molar-refractivity contribution is -0.136. The topological polar surface area (TPSA) is 63.6 Å². The second-order valence-electron chi connectivity index (χ2n) is 4.73. The van der Waals surface area contributed by atoms with Crippen LogP contribution in [0.15, 0.2) is 0 Å². The molecule has 92 valence electrons. The van der Waals surface area contributed by atoms with Crippen LogP contribution >= 0.6 is 0 Å². The van der Waals surface area contributed by atoms with E-state index < -0.39 is 16.8 Å². The zero-order valence-electron chi connectivity index (χ0n) is 9.31. The molecule has 0 aromatic carbocycles. The smallest absolute Gasteiger partial charge is 0.304 e. The molecule has 2 unspecified atom stereocenters. The van der Waals surface area contributed by atoms with Crippen molar-refractivity contribution in [1.29, 1.82) is 0 Å². The molecule has 1 aliphatic heterocycles. The van der Waals surface area contributed by atoms with Crippen LogP contribution in [0.3, 0.4) is 0 Å². The molecule has 1 N–H and O–H groups in total. The van der Waals surface area contributed by atoms with Gasteiger partial charge in [0.25, 0.3) is 0 Å². The highest BCUT2D eigenvalue weighted by atomic mass is 32.2. The number of hydrogen-bond donors (Lipinski definition) is 1. The van der Waals surface area contributed by atoms with E-state index in [9.17, 15) is 9.00 Å². The van der Waals surface area contributed by atoms with Gasteiger partial charge in [0.1, 0.15) is 0 Å². The van der Waals surface area contributed by atoms with Crippen molar-refractivity contribution in [2.45, 2.75) is 49.4 Å². The molecule has 2 aliphatic rings. The predicted octanol–water partition coefficient (Wildman–Crippen LogP) is 1.31. The molecule has 1 saturated heterocycles. The van der Waals surface area contributed by atoms with Gasteiger partial charge in [-0.2, -0.15) is 0 Å². The molecule has 5 heteroatoms. The van der Waals surface area contributed by atoms with Crippen molar-refractivity contribution in [3.8, 4) is 0 Å². The van der Waals surface area contributed by atoms with E-state index in [2.05, 4.69) is 0 Å². The molecule has 0 radical (unpaired) electrons. The fourth-order valence-electron chi connectivity index (χ4n) is 2.48. The number of carboxylic acid groups (broad SMARTS) is 1. The molecular weight excluding hydrogens is 228 g/mol. The number of carbonyl (C=O) groups is 1. The van der Waals surface area contributed by atoms with E-state index in [4.69, 9.17) is 9.84 Å². The van der Waals surface area contributed by atoms with Gasteiger partial charge in [-0.1, -0.05) is 0 Å². The fraction of sp³-hybridized carbons (Fsp3) is 0.909. The highest BCUT2D eigenvalue weighted by molar-refractivity contribution is 7.85. The first-order valence-corrected chi connectivity index (χ1v) is 7.22. The Kier molecular flexibility index (Phi) is 3.64. The van der Waals surface area contributed by atoms with Crippen LogP contribution in [0, 0.1) is 0 Å². The van der Waals surface area contributed by atoms with Crippen molar-refractivity contribution < 1.29 is 18.8 Å². The van der Waals surface area contributed by atoms with E-state index in [-0.39, 0.29) is 23.0 Å². The Hall–Kier alpha value is -0.420. The fourth-order valence-corrected chi connectivity index (χ4v) is 4.04. The summed E-state index contributed by atoms with van der Waals surface area (Å²) in [6.07, 6.45) is 5.05. The molecule has 0 bridgehead atoms. The van der Waals surface area contributed by atoms with Gasteiger partial charge in [0.2, 0.25) is 0 Å². The SMILES string of the molecule is O=C(O)CCS(=O)C1CCOC2(CCC2)C1. The molecule has 2 atom stereocenters. The second kappa shape index (κ2) is 4.84. The minimum absolute atomic E-state index is 0.00179. The average molecular weight is 246 g/mol. The molecule has 1 spiro atoms. The monoisotopic (exact) mass is 246 g/mol. The van der Waals surface area contributed by atoms with Gasteiger partial charge in [0.15, 0.2) is 0 Å². The molecule has 16 heavy (non-hydrogen) atoms. The summed E-state index contributed by atoms with van der Waals surface area (Å²) in [5, 5.41) is 8.71. The first kappa shape index (κ1) is 12.0. The molecule has 4 nitrogen and oxygen atoms in total. The Bertz CT molecular complexity index is 298. The molecule has 0 amide bonds. The van der Waals surface area contributed by atoms with E-state index in [0.717, 1.165) is 25.7 Å². The molecule has 0 aromatic heterocycles. The maximum atomic E-state index is 11.9. The lowest BCUT2D eigenvalue weighted by Gasteiger charge is -2.46. The lowest BCUT2D eigenvalue weighted by Crippen LogP contribution is -2.48. The molecular formula is C11H18O4S. The molecule has 0 aromatic rings. The number of ether oxygens (including phenoxy) is 1. The van der Waals surface area contributed by atoms with E-state index in [1.165, 1.54) is 6.42 Å². The van der Waals surface area contributed by atoms with Gasteiger partial charge in [-0.15, -0.1) is 0 Å². The van der Waals surface area contributed by atoms with E-state index in [0.29, 0.717) is 6.61 Å². The van der Waals surface area contributed by atoms with E-state index >= 15 is 0 Å². The van der Waals surface area contributed by atoms with Gasteiger partial charge < -0.3 is 9.84 Å². The Labute approximate surface area is 97.8 Å². The molecule has 2 fully saturated rings. The number of rotatable bonds is 4. The minimum atomic E-state index is -1.00. The van der Waals surface area contributed by atoms with Gasteiger partial charge in [-0.3, -0.25) is 9.00 Å². The van der Waals surface area contributed by atoms with Gasteiger partial charge in [0.05, 0.1) is 12.0 Å². The highest BCUT2D eigenvalue weighted by Crippen LogP contribution is 2.43. The van der Waals surface area contributed by atoms with Crippen LogP contribution in [0.2, 0.25) is 0 Å². The Morgan fingerprint density at radius 2 is 2.25 bits per heavy atom. The van der Waals surface area contributed by atoms with Crippen molar-refractivity contribution in [3.63, 3.8) is 0 Å². The largest absolute Gasteiger partial charge is 0.481 e. The Morgan fingerprint density at radius 1 is 1.50 bits per heavy atom. The third-order valence-corrected chi connectivity index (χ3v) is 5.35. The van der Waals surface area contributed by atoms with Crippen molar-refractivity contribution in [3.05, 3.63) is 0 Å². The highest BCUT2D eigenvalue weighted by Gasteiger charge is 2.43. The van der Waals surface area contributed by atoms with Gasteiger partial charge in [0, 0.05) is 28.4 Å². The summed E-state index contributed by atoms with van der Waals surface area (Å²) in [5.41, 5.74) is 0.00179. The second-order valence-corrected chi connectivity index (χ2v) is 6.56. The Balaban J connectivity index is 1.84. The van der Waals surface area contributed by atoms with Crippen LogP contribution in [0.4, 0.5) is 0 Å². The zero-order valence-corrected chi connectivity index (χ0v) is 10.1. The van der Waals surface area contributed by atoms with E-state index in [1.807, 2.05) is 0 Å². The van der Waals surface area contributed by atoms with Crippen LogP contribution in [-0.4, -0.2) is 38.5 Å². The first-order chi connectivity index (χ1) is 7.61. The number of hydrogen-bond acceptors (Lipinski definition) is 3. The minimum Gasteiger partial charge on any atom is -0.481 e. The third-order valence-electron chi connectivity index (χ3n) is 3.60. The maximum absolute atomic E-state index is 11.9. The predicted molar refractivity (Wildman–Crippen MR) is 60.8 cm³/mol. The van der Waals surface area contributed by atoms with Crippen molar-refractivity contribution in [2.75, 3.05) is 12.4 Å². The molecule has 1 aliphatic carbocycles. The summed E-state index contributed by atoms with van der Waals surface area (Å²) in [5.74, 6) is -0.574. The van der Waals surface area contributed by atoms with Crippen LogP contribution in [0.1, 0.15) is 38.5 Å². The van der Waals surface area contributed by atoms with Gasteiger partial charge >= 0.3 is 5.97 Å². The summed E-state index contributed by atoms with van der Waals surface area (Å²) < 4.78 is 17.7. The molecule has 2 rings (SSSR count). The normalized spacial score (nSPS) is 29.6. The van der Waals surface area contributed by atoms with Crippen molar-refractivity contribution in [2.24, 2.45) is 0 Å². The summed E-state index contributed by atoms with van der Waals surface area (Å²) in [4.78, 5) is 10.4. The maximum Gasteiger partial charge on any atom is 0.304 e. The van der Waals surface area contributed by atoms with Crippen molar-refractivity contribution >= 4 is 16.8 Å². The van der Waals surface area contributed by atoms with Crippen LogP contribution < -0.4 is 0 Å². The van der Waals surface area contributed by atoms with E-state index in [1.54, 1.807) is 0 Å². The number of aliphatic carboxylic acids is 1. The lowest BCUT2D eigenvalue weighted by atomic mass is 9.75.